The highest BCUT2D eigenvalue weighted by molar-refractivity contribution is 9.11. The molecule has 1 aromatic carbocycles. The van der Waals surface area contributed by atoms with E-state index in [0.29, 0.717) is 12.0 Å². The number of carbonyl (C=O) groups is 1. The van der Waals surface area contributed by atoms with E-state index in [1.807, 2.05) is 0 Å². The maximum Gasteiger partial charge on any atom is 0.324 e. The van der Waals surface area contributed by atoms with E-state index in [4.69, 9.17) is 9.16 Å². The Morgan fingerprint density at radius 3 is 2.56 bits per heavy atom. The molecule has 8 heteroatoms. The van der Waals surface area contributed by atoms with Crippen LogP contribution in [0.4, 0.5) is 5.69 Å². The summed E-state index contributed by atoms with van der Waals surface area (Å²) >= 11 is 3.48. The molecular formula is C19H24BrNO5Si. The van der Waals surface area contributed by atoms with Gasteiger partial charge < -0.3 is 9.16 Å². The fourth-order valence-electron chi connectivity index (χ4n) is 3.44. The van der Waals surface area contributed by atoms with E-state index in [9.17, 15) is 14.9 Å². The van der Waals surface area contributed by atoms with E-state index < -0.39 is 36.8 Å². The molecule has 1 fully saturated rings. The lowest BCUT2D eigenvalue weighted by Crippen LogP contribution is -2.61. The molecule has 27 heavy (non-hydrogen) atoms. The first-order chi connectivity index (χ1) is 12.4. The van der Waals surface area contributed by atoms with Gasteiger partial charge in [0.15, 0.2) is 8.32 Å². The standard InChI is InChI=1S/C19H24BrNO5Si/c1-18(2,3)27(4,5)26-16-10-15-13(20)11-19(16,17(22)25-15)12-8-6-7-9-14(12)21(23)24/h6-9,11,15-16H,10H2,1-5H3/t15-,16-,19+/m0/s1. The number of carbonyl (C=O) groups excluding carboxylic acids is 1. The molecule has 0 saturated carbocycles. The van der Waals surface area contributed by atoms with Crippen LogP contribution in [0, 0.1) is 10.1 Å². The molecule has 0 N–H and O–H groups in total. The molecule has 0 aromatic heterocycles. The summed E-state index contributed by atoms with van der Waals surface area (Å²) in [7, 11) is -2.23. The molecule has 0 radical (unpaired) electrons. The van der Waals surface area contributed by atoms with E-state index in [1.54, 1.807) is 24.3 Å². The summed E-state index contributed by atoms with van der Waals surface area (Å²) in [6.07, 6.45) is 1.32. The molecule has 4 rings (SSSR count). The van der Waals surface area contributed by atoms with Gasteiger partial charge in [-0.05, 0) is 24.2 Å². The van der Waals surface area contributed by atoms with Crippen LogP contribution in [0.25, 0.3) is 0 Å². The van der Waals surface area contributed by atoms with Crippen molar-refractivity contribution in [2.45, 2.75) is 62.9 Å². The van der Waals surface area contributed by atoms with E-state index in [1.165, 1.54) is 6.07 Å². The summed E-state index contributed by atoms with van der Waals surface area (Å²) in [5, 5.41) is 11.6. The van der Waals surface area contributed by atoms with Gasteiger partial charge in [-0.1, -0.05) is 54.9 Å². The lowest BCUT2D eigenvalue weighted by atomic mass is 9.68. The zero-order valence-corrected chi connectivity index (χ0v) is 18.7. The Hall–Kier alpha value is -1.51. The Morgan fingerprint density at radius 1 is 1.33 bits per heavy atom. The van der Waals surface area contributed by atoms with Crippen molar-refractivity contribution in [1.29, 1.82) is 0 Å². The van der Waals surface area contributed by atoms with Gasteiger partial charge in [-0.3, -0.25) is 14.9 Å². The van der Waals surface area contributed by atoms with Crippen LogP contribution >= 0.6 is 15.9 Å². The summed E-state index contributed by atoms with van der Waals surface area (Å²) in [5.74, 6) is -0.486. The van der Waals surface area contributed by atoms with Crippen LogP contribution in [0.5, 0.6) is 0 Å². The smallest absolute Gasteiger partial charge is 0.324 e. The third kappa shape index (κ3) is 3.17. The molecule has 0 unspecified atom stereocenters. The van der Waals surface area contributed by atoms with Crippen molar-refractivity contribution in [3.63, 3.8) is 0 Å². The van der Waals surface area contributed by atoms with Crippen LogP contribution in [-0.4, -0.2) is 31.4 Å². The minimum absolute atomic E-state index is 0.0572. The second-order valence-electron chi connectivity index (χ2n) is 8.67. The van der Waals surface area contributed by atoms with E-state index in [-0.39, 0.29) is 10.7 Å². The van der Waals surface area contributed by atoms with Crippen molar-refractivity contribution >= 4 is 35.9 Å². The maximum atomic E-state index is 13.1. The topological polar surface area (TPSA) is 78.7 Å². The predicted octanol–water partition coefficient (Wildman–Crippen LogP) is 4.83. The second kappa shape index (κ2) is 6.53. The molecule has 6 nitrogen and oxygen atoms in total. The zero-order valence-electron chi connectivity index (χ0n) is 16.1. The van der Waals surface area contributed by atoms with E-state index in [0.717, 1.165) is 4.48 Å². The lowest BCUT2D eigenvalue weighted by Gasteiger charge is -2.50. The van der Waals surface area contributed by atoms with Gasteiger partial charge in [-0.25, -0.2) is 0 Å². The fourth-order valence-corrected chi connectivity index (χ4v) is 5.42. The maximum absolute atomic E-state index is 13.1. The van der Waals surface area contributed by atoms with Crippen LogP contribution in [0.1, 0.15) is 32.8 Å². The number of hydrogen-bond donors (Lipinski definition) is 0. The molecule has 1 aromatic rings. The van der Waals surface area contributed by atoms with Gasteiger partial charge in [0.05, 0.1) is 16.6 Å². The third-order valence-electron chi connectivity index (χ3n) is 5.99. The number of nitrogens with zero attached hydrogens (tertiary/aromatic N) is 1. The highest BCUT2D eigenvalue weighted by Crippen LogP contribution is 2.52. The Kier molecular flexibility index (Phi) is 4.89. The number of rotatable bonds is 4. The molecule has 3 atom stereocenters. The summed E-state index contributed by atoms with van der Waals surface area (Å²) < 4.78 is 12.9. The molecule has 1 aliphatic carbocycles. The molecule has 3 aliphatic rings. The summed E-state index contributed by atoms with van der Waals surface area (Å²) in [6.45, 7) is 10.6. The molecule has 1 saturated heterocycles. The third-order valence-corrected chi connectivity index (χ3v) is 11.2. The highest BCUT2D eigenvalue weighted by atomic mass is 79.9. The average molecular weight is 454 g/mol. The minimum atomic E-state index is -2.23. The number of halogens is 1. The van der Waals surface area contributed by atoms with Crippen molar-refractivity contribution in [2.75, 3.05) is 0 Å². The van der Waals surface area contributed by atoms with Gasteiger partial charge >= 0.3 is 5.97 Å². The predicted molar refractivity (Wildman–Crippen MR) is 108 cm³/mol. The van der Waals surface area contributed by atoms with Crippen molar-refractivity contribution in [2.24, 2.45) is 0 Å². The number of benzene rings is 1. The molecular weight excluding hydrogens is 430 g/mol. The quantitative estimate of drug-likeness (QED) is 0.282. The largest absolute Gasteiger partial charge is 0.456 e. The monoisotopic (exact) mass is 453 g/mol. The number of esters is 1. The van der Waals surface area contributed by atoms with Crippen molar-refractivity contribution in [3.05, 3.63) is 50.5 Å². The molecule has 2 aliphatic heterocycles. The van der Waals surface area contributed by atoms with Gasteiger partial charge in [-0.2, -0.15) is 0 Å². The molecule has 146 valence electrons. The van der Waals surface area contributed by atoms with Gasteiger partial charge in [0.2, 0.25) is 0 Å². The Bertz CT molecular complexity index is 832. The average Bonchev–Trinajstić information content (AvgIpc) is 2.55. The normalized spacial score (nSPS) is 27.9. The van der Waals surface area contributed by atoms with Crippen molar-refractivity contribution < 1.29 is 18.9 Å². The number of ether oxygens (including phenoxy) is 1. The first-order valence-electron chi connectivity index (χ1n) is 8.91. The van der Waals surface area contributed by atoms with E-state index >= 15 is 0 Å². The first-order valence-corrected chi connectivity index (χ1v) is 12.6. The van der Waals surface area contributed by atoms with Crippen LogP contribution in [-0.2, 0) is 19.4 Å². The van der Waals surface area contributed by atoms with Crippen molar-refractivity contribution in [3.8, 4) is 0 Å². The molecule has 0 spiro atoms. The van der Waals surface area contributed by atoms with Crippen LogP contribution in [0.3, 0.4) is 0 Å². The van der Waals surface area contributed by atoms with Gasteiger partial charge in [0, 0.05) is 17.0 Å². The molecule has 2 bridgehead atoms. The number of para-hydroxylation sites is 1. The number of fused-ring (bicyclic) bond motifs is 2. The molecule has 0 amide bonds. The SMILES string of the molecule is CC(C)(C)[Si](C)(C)O[C@H]1C[C@@H]2OC(=O)[C@@]1(c1ccccc1[N+](=O)[O-])C=C2Br. The van der Waals surface area contributed by atoms with Gasteiger partial charge in [-0.15, -0.1) is 0 Å². The Morgan fingerprint density at radius 2 is 1.96 bits per heavy atom. The minimum Gasteiger partial charge on any atom is -0.456 e. The lowest BCUT2D eigenvalue weighted by molar-refractivity contribution is -0.386. The summed E-state index contributed by atoms with van der Waals surface area (Å²) in [6, 6.07) is 6.35. The fraction of sp³-hybridized carbons (Fsp3) is 0.526. The van der Waals surface area contributed by atoms with Crippen LogP contribution in [0.15, 0.2) is 34.8 Å². The summed E-state index contributed by atoms with van der Waals surface area (Å²) in [4.78, 5) is 24.3. The van der Waals surface area contributed by atoms with Crippen LogP contribution < -0.4 is 0 Å². The van der Waals surface area contributed by atoms with E-state index in [2.05, 4.69) is 49.8 Å². The van der Waals surface area contributed by atoms with Gasteiger partial charge in [0.1, 0.15) is 11.5 Å². The first kappa shape index (κ1) is 20.2. The number of hydrogen-bond acceptors (Lipinski definition) is 5. The number of nitro groups is 1. The number of nitro benzene ring substituents is 1. The highest BCUT2D eigenvalue weighted by Gasteiger charge is 2.60. The Balaban J connectivity index is 2.19. The zero-order chi connectivity index (χ0) is 20.2. The van der Waals surface area contributed by atoms with Crippen LogP contribution in [0.2, 0.25) is 18.1 Å². The van der Waals surface area contributed by atoms with Crippen molar-refractivity contribution in [1.82, 2.24) is 0 Å². The summed E-state index contributed by atoms with van der Waals surface area (Å²) in [5.41, 5.74) is -1.11. The second-order valence-corrected chi connectivity index (χ2v) is 14.3. The van der Waals surface area contributed by atoms with Gasteiger partial charge in [0.25, 0.3) is 5.69 Å². The molecule has 2 heterocycles. The Labute approximate surface area is 168 Å².